The van der Waals surface area contributed by atoms with Crippen molar-refractivity contribution in [1.82, 2.24) is 5.32 Å². The van der Waals surface area contributed by atoms with Crippen molar-refractivity contribution < 1.29 is 9.47 Å². The van der Waals surface area contributed by atoms with E-state index in [-0.39, 0.29) is 0 Å². The predicted molar refractivity (Wildman–Crippen MR) is 84.7 cm³/mol. The average Bonchev–Trinajstić information content (AvgIpc) is 2.52. The second kappa shape index (κ2) is 9.25. The molecular formula is C17H26N2O2. The Morgan fingerprint density at radius 1 is 1.10 bits per heavy atom. The summed E-state index contributed by atoms with van der Waals surface area (Å²) in [6.45, 7) is 8.11. The third kappa shape index (κ3) is 5.65. The number of hydrogen-bond donors (Lipinski definition) is 1. The second-order valence-electron chi connectivity index (χ2n) is 4.93. The van der Waals surface area contributed by atoms with Gasteiger partial charge < -0.3 is 9.47 Å². The molecular weight excluding hydrogens is 264 g/mol. The maximum absolute atomic E-state index is 9.34. The van der Waals surface area contributed by atoms with Crippen LogP contribution in [0.15, 0.2) is 24.3 Å². The molecule has 0 aliphatic heterocycles. The van der Waals surface area contributed by atoms with E-state index in [1.54, 1.807) is 0 Å². The van der Waals surface area contributed by atoms with Crippen LogP contribution < -0.4 is 14.8 Å². The minimum absolute atomic E-state index is 0.420. The molecule has 0 saturated carbocycles. The Balaban J connectivity index is 2.37. The number of benzene rings is 1. The third-order valence-corrected chi connectivity index (χ3v) is 3.48. The van der Waals surface area contributed by atoms with Gasteiger partial charge in [0.25, 0.3) is 0 Å². The molecule has 0 amide bonds. The molecule has 0 bridgehead atoms. The standard InChI is InChI=1S/C17H26N2O2/c1-4-17(14-18,19-5-2)12-7-13-21-16-10-8-15(9-11-16)20-6-3/h8-11,19H,4-7,12-13H2,1-3H3. The summed E-state index contributed by atoms with van der Waals surface area (Å²) in [4.78, 5) is 0. The summed E-state index contributed by atoms with van der Waals surface area (Å²) >= 11 is 0. The molecule has 116 valence electrons. The van der Waals surface area contributed by atoms with Crippen LogP contribution in [0.25, 0.3) is 0 Å². The molecule has 1 aromatic carbocycles. The van der Waals surface area contributed by atoms with Gasteiger partial charge in [-0.25, -0.2) is 0 Å². The van der Waals surface area contributed by atoms with E-state index in [0.717, 1.165) is 37.3 Å². The Bertz CT molecular complexity index is 439. The molecule has 21 heavy (non-hydrogen) atoms. The minimum Gasteiger partial charge on any atom is -0.494 e. The van der Waals surface area contributed by atoms with Crippen LogP contribution in [0.3, 0.4) is 0 Å². The van der Waals surface area contributed by atoms with Crippen molar-refractivity contribution in [1.29, 1.82) is 5.26 Å². The summed E-state index contributed by atoms with van der Waals surface area (Å²) in [7, 11) is 0. The van der Waals surface area contributed by atoms with Crippen molar-refractivity contribution in [2.45, 2.75) is 45.6 Å². The van der Waals surface area contributed by atoms with E-state index in [9.17, 15) is 5.26 Å². The number of hydrogen-bond acceptors (Lipinski definition) is 4. The first-order valence-electron chi connectivity index (χ1n) is 7.71. The van der Waals surface area contributed by atoms with Crippen LogP contribution in [0.5, 0.6) is 11.5 Å². The molecule has 1 unspecified atom stereocenters. The van der Waals surface area contributed by atoms with E-state index in [2.05, 4.69) is 11.4 Å². The summed E-state index contributed by atoms with van der Waals surface area (Å²) in [5, 5.41) is 12.6. The smallest absolute Gasteiger partial charge is 0.119 e. The summed E-state index contributed by atoms with van der Waals surface area (Å²) in [5.74, 6) is 1.69. The molecule has 4 heteroatoms. The first-order valence-corrected chi connectivity index (χ1v) is 7.71. The van der Waals surface area contributed by atoms with Crippen LogP contribution in [0, 0.1) is 11.3 Å². The largest absolute Gasteiger partial charge is 0.494 e. The fraction of sp³-hybridized carbons (Fsp3) is 0.588. The van der Waals surface area contributed by atoms with Gasteiger partial charge in [-0.15, -0.1) is 0 Å². The number of nitriles is 1. The summed E-state index contributed by atoms with van der Waals surface area (Å²) < 4.78 is 11.1. The molecule has 0 saturated heterocycles. The average molecular weight is 290 g/mol. The van der Waals surface area contributed by atoms with Gasteiger partial charge in [0.2, 0.25) is 0 Å². The summed E-state index contributed by atoms with van der Waals surface area (Å²) in [6, 6.07) is 10.0. The maximum atomic E-state index is 9.34. The zero-order valence-electron chi connectivity index (χ0n) is 13.3. The molecule has 1 rings (SSSR count). The SMILES string of the molecule is CCNC(C#N)(CC)CCCOc1ccc(OCC)cc1. The summed E-state index contributed by atoms with van der Waals surface area (Å²) in [6.07, 6.45) is 2.45. The number of nitrogens with zero attached hydrogens (tertiary/aromatic N) is 1. The van der Waals surface area contributed by atoms with E-state index in [4.69, 9.17) is 9.47 Å². The van der Waals surface area contributed by atoms with Gasteiger partial charge in [0.15, 0.2) is 0 Å². The molecule has 0 aliphatic carbocycles. The van der Waals surface area contributed by atoms with E-state index in [1.165, 1.54) is 0 Å². The fourth-order valence-electron chi connectivity index (χ4n) is 2.27. The normalized spacial score (nSPS) is 13.2. The van der Waals surface area contributed by atoms with Crippen LogP contribution in [-0.4, -0.2) is 25.3 Å². The van der Waals surface area contributed by atoms with Crippen molar-refractivity contribution in [3.8, 4) is 17.6 Å². The van der Waals surface area contributed by atoms with Gasteiger partial charge in [-0.1, -0.05) is 13.8 Å². The molecule has 1 atom stereocenters. The van der Waals surface area contributed by atoms with Gasteiger partial charge in [0, 0.05) is 0 Å². The first kappa shape index (κ1) is 17.3. The van der Waals surface area contributed by atoms with E-state index in [1.807, 2.05) is 45.0 Å². The number of ether oxygens (including phenoxy) is 2. The highest BCUT2D eigenvalue weighted by Crippen LogP contribution is 2.19. The molecule has 0 aliphatic rings. The Morgan fingerprint density at radius 2 is 1.71 bits per heavy atom. The molecule has 0 spiro atoms. The van der Waals surface area contributed by atoms with Crippen molar-refractivity contribution in [2.75, 3.05) is 19.8 Å². The monoisotopic (exact) mass is 290 g/mol. The Kier molecular flexibility index (Phi) is 7.63. The van der Waals surface area contributed by atoms with Crippen molar-refractivity contribution in [3.63, 3.8) is 0 Å². The minimum atomic E-state index is -0.420. The van der Waals surface area contributed by atoms with E-state index in [0.29, 0.717) is 13.2 Å². The molecule has 1 N–H and O–H groups in total. The zero-order valence-corrected chi connectivity index (χ0v) is 13.3. The van der Waals surface area contributed by atoms with Crippen LogP contribution in [0.1, 0.15) is 40.0 Å². The van der Waals surface area contributed by atoms with Gasteiger partial charge in [-0.2, -0.15) is 5.26 Å². The van der Waals surface area contributed by atoms with E-state index < -0.39 is 5.54 Å². The zero-order chi connectivity index (χ0) is 15.6. The highest BCUT2D eigenvalue weighted by atomic mass is 16.5. The quantitative estimate of drug-likeness (QED) is 0.670. The lowest BCUT2D eigenvalue weighted by atomic mass is 9.92. The van der Waals surface area contributed by atoms with Gasteiger partial charge in [-0.05, 0) is 57.0 Å². The molecule has 4 nitrogen and oxygen atoms in total. The first-order chi connectivity index (χ1) is 10.2. The summed E-state index contributed by atoms with van der Waals surface area (Å²) in [5.41, 5.74) is -0.420. The third-order valence-electron chi connectivity index (χ3n) is 3.48. The highest BCUT2D eigenvalue weighted by Gasteiger charge is 2.25. The van der Waals surface area contributed by atoms with Crippen molar-refractivity contribution >= 4 is 0 Å². The fourth-order valence-corrected chi connectivity index (χ4v) is 2.27. The molecule has 1 aromatic rings. The highest BCUT2D eigenvalue weighted by molar-refractivity contribution is 5.31. The van der Waals surface area contributed by atoms with Gasteiger partial charge in [0.1, 0.15) is 17.0 Å². The van der Waals surface area contributed by atoms with Gasteiger partial charge >= 0.3 is 0 Å². The maximum Gasteiger partial charge on any atom is 0.119 e. The van der Waals surface area contributed by atoms with Crippen LogP contribution in [-0.2, 0) is 0 Å². The molecule has 0 radical (unpaired) electrons. The van der Waals surface area contributed by atoms with E-state index >= 15 is 0 Å². The number of rotatable bonds is 10. The Labute approximate surface area is 128 Å². The lowest BCUT2D eigenvalue weighted by molar-refractivity contribution is 0.277. The lowest BCUT2D eigenvalue weighted by Gasteiger charge is -2.25. The van der Waals surface area contributed by atoms with Crippen molar-refractivity contribution in [3.05, 3.63) is 24.3 Å². The van der Waals surface area contributed by atoms with Gasteiger partial charge in [0.05, 0.1) is 19.3 Å². The topological polar surface area (TPSA) is 54.3 Å². The van der Waals surface area contributed by atoms with Gasteiger partial charge in [-0.3, -0.25) is 5.32 Å². The Hall–Kier alpha value is -1.73. The Morgan fingerprint density at radius 3 is 2.19 bits per heavy atom. The predicted octanol–water partition coefficient (Wildman–Crippen LogP) is 3.53. The second-order valence-corrected chi connectivity index (χ2v) is 4.93. The van der Waals surface area contributed by atoms with Crippen molar-refractivity contribution in [2.24, 2.45) is 0 Å². The molecule has 0 heterocycles. The van der Waals surface area contributed by atoms with Crippen LogP contribution in [0.2, 0.25) is 0 Å². The lowest BCUT2D eigenvalue weighted by Crippen LogP contribution is -2.43. The van der Waals surface area contributed by atoms with Crippen LogP contribution in [0.4, 0.5) is 0 Å². The molecule has 0 aromatic heterocycles. The number of nitrogens with one attached hydrogen (secondary N) is 1. The molecule has 0 fully saturated rings. The van der Waals surface area contributed by atoms with Crippen LogP contribution >= 0.6 is 0 Å².